The van der Waals surface area contributed by atoms with Gasteiger partial charge in [0.15, 0.2) is 11.2 Å². The van der Waals surface area contributed by atoms with E-state index in [-0.39, 0.29) is 29.6 Å². The van der Waals surface area contributed by atoms with Crippen molar-refractivity contribution < 1.29 is 65.6 Å². The molecule has 0 radical (unpaired) electrons. The van der Waals surface area contributed by atoms with Crippen molar-refractivity contribution in [2.24, 2.45) is 5.92 Å². The molecule has 0 aromatic carbocycles. The van der Waals surface area contributed by atoms with Crippen LogP contribution >= 0.6 is 7.82 Å². The van der Waals surface area contributed by atoms with E-state index in [9.17, 15) is 19.3 Å². The van der Waals surface area contributed by atoms with E-state index in [4.69, 9.17) is 38.3 Å². The van der Waals surface area contributed by atoms with Crippen LogP contribution in [0.5, 0.6) is 5.88 Å². The summed E-state index contributed by atoms with van der Waals surface area (Å²) in [7, 11) is -4.85. The van der Waals surface area contributed by atoms with Gasteiger partial charge in [-0.05, 0) is 34.6 Å². The highest BCUT2D eigenvalue weighted by atomic mass is 31.2. The molecule has 3 heterocycles. The number of carbonyl (C=O) groups is 2. The van der Waals surface area contributed by atoms with Gasteiger partial charge in [0.05, 0.1) is 25.1 Å². The van der Waals surface area contributed by atoms with Crippen LogP contribution in [0.15, 0.2) is 6.33 Å². The van der Waals surface area contributed by atoms with E-state index in [1.807, 2.05) is 0 Å². The second kappa shape index (κ2) is 14.4. The third-order valence-corrected chi connectivity index (χ3v) is 6.82. The van der Waals surface area contributed by atoms with Gasteiger partial charge in [0, 0.05) is 5.92 Å². The molecule has 3 N–H and O–H groups in total. The number of nitrogens with zero attached hydrogens (tertiary/aromatic N) is 4. The number of alkyl halides is 1. The minimum atomic E-state index is -4.85. The quantitative estimate of drug-likeness (QED) is 0.172. The van der Waals surface area contributed by atoms with E-state index in [0.29, 0.717) is 0 Å². The zero-order valence-corrected chi connectivity index (χ0v) is 25.2. The van der Waals surface area contributed by atoms with E-state index in [2.05, 4.69) is 24.4 Å². The van der Waals surface area contributed by atoms with Crippen molar-refractivity contribution in [1.29, 1.82) is 0 Å². The van der Waals surface area contributed by atoms with Gasteiger partial charge in [-0.1, -0.05) is 6.92 Å². The van der Waals surface area contributed by atoms with Crippen molar-refractivity contribution in [3.05, 3.63) is 6.33 Å². The van der Waals surface area contributed by atoms with E-state index in [0.717, 1.165) is 0 Å². The molecule has 20 heteroatoms. The van der Waals surface area contributed by atoms with E-state index in [1.165, 1.54) is 17.8 Å². The molecule has 43 heavy (non-hydrogen) atoms. The molecule has 2 aromatic rings. The fourth-order valence-corrected chi connectivity index (χ4v) is 4.62. The van der Waals surface area contributed by atoms with Gasteiger partial charge in [0.25, 0.3) is 5.85 Å². The fourth-order valence-electron chi connectivity index (χ4n) is 3.70. The molecule has 0 spiro atoms. The molecule has 0 bridgehead atoms. The van der Waals surface area contributed by atoms with Crippen molar-refractivity contribution in [3.8, 4) is 5.88 Å². The number of aliphatic hydroxyl groups excluding tert-OH is 1. The average molecular weight is 640 g/mol. The molecule has 1 fully saturated rings. The molecule has 4 unspecified atom stereocenters. The summed E-state index contributed by atoms with van der Waals surface area (Å²) in [6.07, 6.45) is -5.18. The Morgan fingerprint density at radius 2 is 1.70 bits per heavy atom. The summed E-state index contributed by atoms with van der Waals surface area (Å²) in [5.74, 6) is -3.98. The van der Waals surface area contributed by atoms with Crippen molar-refractivity contribution in [2.75, 3.05) is 32.5 Å². The lowest BCUT2D eigenvalue weighted by atomic mass is 10.0. The maximum Gasteiger partial charge on any atom is 0.510 e. The van der Waals surface area contributed by atoms with Crippen LogP contribution in [0.4, 0.5) is 19.9 Å². The number of anilines is 1. The Morgan fingerprint density at radius 3 is 2.23 bits per heavy atom. The van der Waals surface area contributed by atoms with Gasteiger partial charge < -0.3 is 39.3 Å². The summed E-state index contributed by atoms with van der Waals surface area (Å²) >= 11 is 0. The second-order valence-corrected chi connectivity index (χ2v) is 11.2. The Labute approximate surface area is 245 Å². The first-order chi connectivity index (χ1) is 20.2. The smallest absolute Gasteiger partial charge is 0.476 e. The van der Waals surface area contributed by atoms with Crippen LogP contribution in [-0.2, 0) is 41.8 Å². The van der Waals surface area contributed by atoms with Crippen LogP contribution in [0, 0.1) is 5.92 Å². The fraction of sp³-hybridized carbons (Fsp3) is 0.696. The lowest BCUT2D eigenvalue weighted by molar-refractivity contribution is -0.205. The Bertz CT molecular complexity index is 1280. The monoisotopic (exact) mass is 639 g/mol. The van der Waals surface area contributed by atoms with Gasteiger partial charge in [-0.25, -0.2) is 32.6 Å². The third-order valence-electron chi connectivity index (χ3n) is 5.53. The van der Waals surface area contributed by atoms with Gasteiger partial charge in [0.1, 0.15) is 18.9 Å². The van der Waals surface area contributed by atoms with Crippen LogP contribution < -0.4 is 10.5 Å². The SMILES string of the molecule is CCOc1nc(N)nc2c1ncn2C1OC(F)(COP(=O)(OCOC(=O)OC(C)C)OCOC(=O)OC(C)C)C(O)C1C. The van der Waals surface area contributed by atoms with Crippen molar-refractivity contribution in [3.63, 3.8) is 0 Å². The molecule has 0 saturated carbocycles. The first kappa shape index (κ1) is 34.1. The molecule has 4 atom stereocenters. The molecule has 242 valence electrons. The molecule has 1 saturated heterocycles. The summed E-state index contributed by atoms with van der Waals surface area (Å²) in [4.78, 5) is 35.6. The number of rotatable bonds is 14. The summed E-state index contributed by atoms with van der Waals surface area (Å²) in [5, 5.41) is 10.8. The summed E-state index contributed by atoms with van der Waals surface area (Å²) < 4.78 is 75.3. The first-order valence-corrected chi connectivity index (χ1v) is 14.5. The number of hydrogen-bond donors (Lipinski definition) is 2. The van der Waals surface area contributed by atoms with E-state index >= 15 is 4.39 Å². The molecular weight excluding hydrogens is 604 g/mol. The van der Waals surface area contributed by atoms with Crippen LogP contribution in [-0.4, -0.2) is 87.9 Å². The highest BCUT2D eigenvalue weighted by Crippen LogP contribution is 2.52. The number of nitrogens with two attached hydrogens (primary N) is 1. The highest BCUT2D eigenvalue weighted by Gasteiger charge is 2.56. The predicted octanol–water partition coefficient (Wildman–Crippen LogP) is 3.19. The van der Waals surface area contributed by atoms with Gasteiger partial charge >= 0.3 is 20.1 Å². The molecule has 1 aliphatic heterocycles. The standard InChI is InChI=1S/C23H35FN5O13P/c1-7-34-18-15-17(27-20(25)28-18)29(9-26-15)19-14(6)16(30)23(24,42-19)8-37-43(33,38-10-35-21(31)40-12(2)3)39-11-36-22(32)41-13(4)5/h9,12-14,16,19,30H,7-8,10-11H2,1-6H3,(H2,25,27,28). The molecule has 3 rings (SSSR count). The van der Waals surface area contributed by atoms with Gasteiger partial charge in [-0.15, -0.1) is 0 Å². The average Bonchev–Trinajstić information content (AvgIpc) is 3.41. The number of hydrogen-bond acceptors (Lipinski definition) is 17. The lowest BCUT2D eigenvalue weighted by Crippen LogP contribution is -2.40. The maximum atomic E-state index is 16.0. The summed E-state index contributed by atoms with van der Waals surface area (Å²) in [6, 6.07) is 0. The zero-order valence-electron chi connectivity index (χ0n) is 24.3. The van der Waals surface area contributed by atoms with Gasteiger partial charge in [0.2, 0.25) is 25.4 Å². The molecule has 0 amide bonds. The number of phosphoric acid groups is 1. The number of imidazole rings is 1. The Kier molecular flexibility index (Phi) is 11.4. The molecular formula is C23H35FN5O13P. The summed E-state index contributed by atoms with van der Waals surface area (Å²) in [6.45, 7) is 6.44. The summed E-state index contributed by atoms with van der Waals surface area (Å²) in [5.41, 5.74) is 6.14. The topological polar surface area (TPSA) is 224 Å². The minimum absolute atomic E-state index is 0.0963. The normalized spacial score (nSPS) is 22.2. The number of aliphatic hydroxyl groups is 1. The predicted molar refractivity (Wildman–Crippen MR) is 141 cm³/mol. The largest absolute Gasteiger partial charge is 0.510 e. The number of ether oxygens (including phenoxy) is 6. The number of aromatic nitrogens is 4. The highest BCUT2D eigenvalue weighted by molar-refractivity contribution is 7.48. The van der Waals surface area contributed by atoms with Crippen molar-refractivity contribution >= 4 is 37.2 Å². The molecule has 0 aliphatic carbocycles. The van der Waals surface area contributed by atoms with Crippen molar-refractivity contribution in [2.45, 2.75) is 71.9 Å². The van der Waals surface area contributed by atoms with Crippen LogP contribution in [0.1, 0.15) is 47.8 Å². The van der Waals surface area contributed by atoms with Crippen LogP contribution in [0.2, 0.25) is 0 Å². The van der Waals surface area contributed by atoms with Crippen LogP contribution in [0.25, 0.3) is 11.2 Å². The molecule has 18 nitrogen and oxygen atoms in total. The first-order valence-electron chi connectivity index (χ1n) is 13.1. The second-order valence-electron chi connectivity index (χ2n) is 9.58. The zero-order chi connectivity index (χ0) is 31.9. The molecule has 1 aliphatic rings. The number of halogens is 1. The lowest BCUT2D eigenvalue weighted by Gasteiger charge is -2.25. The number of fused-ring (bicyclic) bond motifs is 1. The van der Waals surface area contributed by atoms with E-state index < -0.39 is 76.6 Å². The van der Waals surface area contributed by atoms with E-state index in [1.54, 1.807) is 34.6 Å². The minimum Gasteiger partial charge on any atom is -0.476 e. The molecule has 2 aromatic heterocycles. The number of nitrogen functional groups attached to an aromatic ring is 1. The Hall–Kier alpha value is -3.35. The Balaban J connectivity index is 1.75. The number of carbonyl (C=O) groups excluding carboxylic acids is 2. The van der Waals surface area contributed by atoms with Gasteiger partial charge in [-0.3, -0.25) is 9.09 Å². The van der Waals surface area contributed by atoms with Gasteiger partial charge in [-0.2, -0.15) is 9.97 Å². The Morgan fingerprint density at radius 1 is 1.12 bits per heavy atom. The number of phosphoric ester groups is 1. The van der Waals surface area contributed by atoms with Crippen LogP contribution in [0.3, 0.4) is 0 Å². The maximum absolute atomic E-state index is 16.0. The third kappa shape index (κ3) is 8.84. The van der Waals surface area contributed by atoms with Crippen molar-refractivity contribution in [1.82, 2.24) is 19.5 Å².